The Morgan fingerprint density at radius 1 is 1.31 bits per heavy atom. The summed E-state index contributed by atoms with van der Waals surface area (Å²) in [5.41, 5.74) is -1.08. The molecule has 1 spiro atoms. The SMILES string of the molecule is CC[C@@H](CO)N1C(=O)[C@@H]2[C@H](C(=O)NC)[C@H]3OC2(CC3Br)C1C(=O)NCCN1CCOCC1. The minimum Gasteiger partial charge on any atom is -0.394 e. The fourth-order valence-electron chi connectivity index (χ4n) is 5.90. The molecular weight excluding hydrogens is 484 g/mol. The molecule has 4 fully saturated rings. The standard InChI is InChI=1S/C21H33BrN4O6/c1-3-12(11-27)26-17(19(29)24-4-5-25-6-8-31-9-7-25)21-10-13(22)16(32-21)14(18(28)23-2)15(21)20(26)30/h12-17,27H,3-11H2,1-2H3,(H,23,28)(H,24,29)/t12-,13?,14-,15-,16-,17?,21?/m0/s1. The van der Waals surface area contributed by atoms with Gasteiger partial charge in [0.2, 0.25) is 17.7 Å². The van der Waals surface area contributed by atoms with Crippen molar-refractivity contribution in [3.05, 3.63) is 0 Å². The second-order valence-corrected chi connectivity index (χ2v) is 10.2. The van der Waals surface area contributed by atoms with Crippen molar-refractivity contribution in [1.82, 2.24) is 20.4 Å². The van der Waals surface area contributed by atoms with Crippen molar-refractivity contribution in [2.75, 3.05) is 53.0 Å². The lowest BCUT2D eigenvalue weighted by molar-refractivity contribution is -0.145. The molecule has 3 unspecified atom stereocenters. The molecule has 0 radical (unpaired) electrons. The normalized spacial score (nSPS) is 37.4. The Bertz CT molecular complexity index is 746. The van der Waals surface area contributed by atoms with Gasteiger partial charge in [-0.3, -0.25) is 19.3 Å². The van der Waals surface area contributed by atoms with E-state index in [4.69, 9.17) is 9.47 Å². The molecule has 11 heteroatoms. The number of morpholine rings is 1. The number of fused-ring (bicyclic) bond motifs is 1. The van der Waals surface area contributed by atoms with Crippen LogP contribution in [0, 0.1) is 11.8 Å². The van der Waals surface area contributed by atoms with E-state index < -0.39 is 35.6 Å². The van der Waals surface area contributed by atoms with Gasteiger partial charge in [0.15, 0.2) is 0 Å². The molecule has 0 aliphatic carbocycles. The summed E-state index contributed by atoms with van der Waals surface area (Å²) in [5.74, 6) is -2.24. The quantitative estimate of drug-likeness (QED) is 0.343. The van der Waals surface area contributed by atoms with E-state index in [2.05, 4.69) is 31.5 Å². The molecule has 0 aromatic heterocycles. The molecule has 4 aliphatic heterocycles. The van der Waals surface area contributed by atoms with Gasteiger partial charge in [0.1, 0.15) is 11.6 Å². The van der Waals surface area contributed by atoms with Gasteiger partial charge >= 0.3 is 0 Å². The van der Waals surface area contributed by atoms with Crippen LogP contribution in [0.1, 0.15) is 19.8 Å². The number of nitrogens with zero attached hydrogens (tertiary/aromatic N) is 2. The van der Waals surface area contributed by atoms with Crippen LogP contribution in [-0.2, 0) is 23.9 Å². The van der Waals surface area contributed by atoms with Crippen molar-refractivity contribution in [3.63, 3.8) is 0 Å². The van der Waals surface area contributed by atoms with E-state index in [1.165, 1.54) is 4.90 Å². The summed E-state index contributed by atoms with van der Waals surface area (Å²) in [6, 6.07) is -1.40. The number of rotatable bonds is 8. The number of ether oxygens (including phenoxy) is 2. The van der Waals surface area contributed by atoms with Gasteiger partial charge in [-0.1, -0.05) is 22.9 Å². The molecule has 180 valence electrons. The molecule has 3 N–H and O–H groups in total. The monoisotopic (exact) mass is 516 g/mol. The maximum absolute atomic E-state index is 13.6. The summed E-state index contributed by atoms with van der Waals surface area (Å²) in [4.78, 5) is 43.5. The molecule has 0 saturated carbocycles. The number of alkyl halides is 1. The number of hydrogen-bond donors (Lipinski definition) is 3. The zero-order valence-electron chi connectivity index (χ0n) is 18.6. The number of aliphatic hydroxyl groups excluding tert-OH is 1. The van der Waals surface area contributed by atoms with Crippen LogP contribution in [0.25, 0.3) is 0 Å². The van der Waals surface area contributed by atoms with Crippen LogP contribution in [0.3, 0.4) is 0 Å². The first-order chi connectivity index (χ1) is 15.4. The highest BCUT2D eigenvalue weighted by Gasteiger charge is 2.76. The lowest BCUT2D eigenvalue weighted by atomic mass is 9.70. The molecule has 7 atom stereocenters. The van der Waals surface area contributed by atoms with Gasteiger partial charge in [0, 0.05) is 38.1 Å². The average Bonchev–Trinajstić information content (AvgIpc) is 3.39. The molecule has 0 aromatic carbocycles. The molecule has 4 rings (SSSR count). The number of aliphatic hydroxyl groups is 1. The fraction of sp³-hybridized carbons (Fsp3) is 0.857. The van der Waals surface area contributed by atoms with Gasteiger partial charge in [0.05, 0.1) is 43.8 Å². The maximum atomic E-state index is 13.6. The number of halogens is 1. The minimum absolute atomic E-state index is 0.133. The van der Waals surface area contributed by atoms with E-state index in [9.17, 15) is 19.5 Å². The number of likely N-dealkylation sites (tertiary alicyclic amines) is 1. The third kappa shape index (κ3) is 3.75. The van der Waals surface area contributed by atoms with Crippen molar-refractivity contribution < 1.29 is 29.0 Å². The summed E-state index contributed by atoms with van der Waals surface area (Å²) in [6.45, 7) is 5.75. The second-order valence-electron chi connectivity index (χ2n) is 9.01. The highest BCUT2D eigenvalue weighted by molar-refractivity contribution is 9.09. The third-order valence-corrected chi connectivity index (χ3v) is 8.28. The largest absolute Gasteiger partial charge is 0.394 e. The first-order valence-corrected chi connectivity index (χ1v) is 12.4. The zero-order valence-corrected chi connectivity index (χ0v) is 20.2. The summed E-state index contributed by atoms with van der Waals surface area (Å²) in [7, 11) is 1.54. The van der Waals surface area contributed by atoms with Crippen LogP contribution in [0.5, 0.6) is 0 Å². The molecule has 4 heterocycles. The predicted octanol–water partition coefficient (Wildman–Crippen LogP) is -1.30. The summed E-state index contributed by atoms with van der Waals surface area (Å²) >= 11 is 3.62. The van der Waals surface area contributed by atoms with E-state index in [-0.39, 0.29) is 29.2 Å². The van der Waals surface area contributed by atoms with Gasteiger partial charge in [-0.15, -0.1) is 0 Å². The van der Waals surface area contributed by atoms with E-state index in [0.717, 1.165) is 13.1 Å². The molecular formula is C21H33BrN4O6. The predicted molar refractivity (Wildman–Crippen MR) is 118 cm³/mol. The number of carbonyl (C=O) groups is 3. The molecule has 32 heavy (non-hydrogen) atoms. The van der Waals surface area contributed by atoms with Crippen molar-refractivity contribution in [3.8, 4) is 0 Å². The molecule has 4 aliphatic rings. The van der Waals surface area contributed by atoms with E-state index in [0.29, 0.717) is 39.1 Å². The summed E-state index contributed by atoms with van der Waals surface area (Å²) in [6.07, 6.45) is 0.486. The van der Waals surface area contributed by atoms with Crippen LogP contribution in [0.4, 0.5) is 0 Å². The van der Waals surface area contributed by atoms with E-state index >= 15 is 0 Å². The van der Waals surface area contributed by atoms with Gasteiger partial charge in [-0.25, -0.2) is 0 Å². The molecule has 3 amide bonds. The van der Waals surface area contributed by atoms with Crippen molar-refractivity contribution in [2.45, 2.75) is 48.4 Å². The maximum Gasteiger partial charge on any atom is 0.245 e. The Kier molecular flexibility index (Phi) is 7.11. The van der Waals surface area contributed by atoms with Crippen LogP contribution in [0.15, 0.2) is 0 Å². The molecule has 10 nitrogen and oxygen atoms in total. The van der Waals surface area contributed by atoms with Gasteiger partial charge in [0.25, 0.3) is 0 Å². The topological polar surface area (TPSA) is 120 Å². The number of nitrogens with one attached hydrogen (secondary N) is 2. The number of carbonyl (C=O) groups excluding carboxylic acids is 3. The van der Waals surface area contributed by atoms with Crippen LogP contribution >= 0.6 is 15.9 Å². The van der Waals surface area contributed by atoms with Crippen LogP contribution < -0.4 is 10.6 Å². The Hall–Kier alpha value is -1.27. The Morgan fingerprint density at radius 2 is 2.03 bits per heavy atom. The molecule has 2 bridgehead atoms. The second kappa shape index (κ2) is 9.54. The van der Waals surface area contributed by atoms with E-state index in [1.807, 2.05) is 6.92 Å². The smallest absolute Gasteiger partial charge is 0.245 e. The average molecular weight is 517 g/mol. The van der Waals surface area contributed by atoms with Crippen molar-refractivity contribution in [1.29, 1.82) is 0 Å². The van der Waals surface area contributed by atoms with Crippen LogP contribution in [0.2, 0.25) is 0 Å². The molecule has 4 saturated heterocycles. The Morgan fingerprint density at radius 3 is 2.66 bits per heavy atom. The van der Waals surface area contributed by atoms with Crippen molar-refractivity contribution in [2.24, 2.45) is 11.8 Å². The Labute approximate surface area is 196 Å². The minimum atomic E-state index is -1.08. The number of hydrogen-bond acceptors (Lipinski definition) is 7. The summed E-state index contributed by atoms with van der Waals surface area (Å²) < 4.78 is 11.7. The lowest BCUT2D eigenvalue weighted by Gasteiger charge is -2.36. The zero-order chi connectivity index (χ0) is 23.0. The first-order valence-electron chi connectivity index (χ1n) is 11.4. The van der Waals surface area contributed by atoms with Gasteiger partial charge in [-0.05, 0) is 12.8 Å². The number of amides is 3. The fourth-order valence-corrected chi connectivity index (χ4v) is 6.84. The van der Waals surface area contributed by atoms with Gasteiger partial charge < -0.3 is 30.1 Å². The first kappa shape index (κ1) is 23.9. The van der Waals surface area contributed by atoms with Gasteiger partial charge in [-0.2, -0.15) is 0 Å². The third-order valence-electron chi connectivity index (χ3n) is 7.43. The molecule has 0 aromatic rings. The van der Waals surface area contributed by atoms with Crippen LogP contribution in [-0.4, -0.2) is 114 Å². The summed E-state index contributed by atoms with van der Waals surface area (Å²) in [5, 5.41) is 15.6. The highest BCUT2D eigenvalue weighted by atomic mass is 79.9. The van der Waals surface area contributed by atoms with E-state index in [1.54, 1.807) is 7.05 Å². The lowest BCUT2D eigenvalue weighted by Crippen LogP contribution is -2.58. The highest BCUT2D eigenvalue weighted by Crippen LogP contribution is 2.60. The van der Waals surface area contributed by atoms with Crippen molar-refractivity contribution >= 4 is 33.7 Å². The Balaban J connectivity index is 1.59.